The van der Waals surface area contributed by atoms with Crippen LogP contribution in [0.25, 0.3) is 22.3 Å². The van der Waals surface area contributed by atoms with Crippen molar-refractivity contribution < 1.29 is 206 Å². The van der Waals surface area contributed by atoms with Crippen LogP contribution in [0.15, 0.2) is 97.1 Å². The number of Topliss-reactive ketones (excluding diaryl/α,β-unsaturated/α-hetero) is 4. The van der Waals surface area contributed by atoms with Gasteiger partial charge in [-0.05, 0) is 110 Å². The second-order valence-electron chi connectivity index (χ2n) is 35.5. The lowest BCUT2D eigenvalue weighted by Gasteiger charge is -2.48. The van der Waals surface area contributed by atoms with E-state index in [9.17, 15) is 140 Å². The maximum Gasteiger partial charge on any atom is 0.221 e. The largest absolute Gasteiger partial charge is 0.486 e. The van der Waals surface area contributed by atoms with Crippen LogP contribution in [-0.2, 0) is 95.2 Å². The first-order valence-corrected chi connectivity index (χ1v) is 47.5. The van der Waals surface area contributed by atoms with Gasteiger partial charge in [-0.3, -0.25) is 47.9 Å². The van der Waals surface area contributed by atoms with Crippen molar-refractivity contribution in [3.8, 4) is 33.8 Å². The van der Waals surface area contributed by atoms with Crippen molar-refractivity contribution >= 4 is 58.6 Å². The number of unbranched alkanes of at least 4 members (excludes halogenated alkanes) is 2. The predicted molar refractivity (Wildman–Crippen MR) is 488 cm³/mol. The molecule has 6 saturated heterocycles. The summed E-state index contributed by atoms with van der Waals surface area (Å²) in [6, 6.07) is 25.1. The van der Waals surface area contributed by atoms with Crippen LogP contribution in [0.2, 0.25) is 0 Å². The van der Waals surface area contributed by atoms with E-state index >= 15 is 0 Å². The van der Waals surface area contributed by atoms with Crippen LogP contribution < -0.4 is 41.4 Å². The first-order valence-electron chi connectivity index (χ1n) is 47.5. The average molecular weight is 2030 g/mol. The van der Waals surface area contributed by atoms with Gasteiger partial charge in [0, 0.05) is 103 Å². The van der Waals surface area contributed by atoms with E-state index in [0.29, 0.717) is 48.3 Å². The van der Waals surface area contributed by atoms with Gasteiger partial charge in [0.2, 0.25) is 35.4 Å². The third-order valence-electron chi connectivity index (χ3n) is 24.8. The van der Waals surface area contributed by atoms with Crippen molar-refractivity contribution in [2.24, 2.45) is 0 Å². The molecule has 0 saturated carbocycles. The number of amides is 6. The number of ether oxygens (including phenoxy) is 14. The summed E-state index contributed by atoms with van der Waals surface area (Å²) in [5.41, 5.74) is 3.91. The Bertz CT molecular complexity index is 4400. The van der Waals surface area contributed by atoms with E-state index in [1.165, 1.54) is 0 Å². The maximum atomic E-state index is 13.3. The van der Waals surface area contributed by atoms with Crippen LogP contribution >= 0.6 is 0 Å². The molecular weight excluding hydrogens is 1900 g/mol. The van der Waals surface area contributed by atoms with Gasteiger partial charge in [-0.15, -0.1) is 0 Å². The van der Waals surface area contributed by atoms with E-state index in [2.05, 4.69) is 31.9 Å². The third-order valence-corrected chi connectivity index (χ3v) is 24.8. The first-order chi connectivity index (χ1) is 68.6. The molecule has 0 bridgehead atoms. The number of aliphatic hydroxyl groups excluding tert-OH is 18. The normalized spacial score (nSPS) is 30.8. The molecule has 6 aliphatic rings. The van der Waals surface area contributed by atoms with Crippen molar-refractivity contribution in [1.82, 2.24) is 31.9 Å². The van der Waals surface area contributed by atoms with E-state index in [0.717, 1.165) is 36.1 Å². The number of aliphatic hydroxyl groups is 18. The molecule has 0 spiro atoms. The van der Waals surface area contributed by atoms with Gasteiger partial charge in [0.05, 0.1) is 46.3 Å². The molecule has 12 unspecified atom stereocenters. The highest BCUT2D eigenvalue weighted by Crippen LogP contribution is 2.38. The fourth-order valence-electron chi connectivity index (χ4n) is 16.8. The quantitative estimate of drug-likeness (QED) is 0.0111. The van der Waals surface area contributed by atoms with E-state index < -0.39 is 247 Å². The minimum Gasteiger partial charge on any atom is -0.486 e. The zero-order valence-corrected chi connectivity index (χ0v) is 78.9. The third kappa shape index (κ3) is 33.4. The molecule has 0 aromatic heterocycles. The standard InChI is InChI=1S/C95H134N6O42/c1-48(108)100-72-78(122)86(140-94-84(128)88(76(120)64(41-104)136-94)142-92-82(126)80(124)74(118)62(39-102)134-92)66(43-106)138-90(72)130-35-5-3-17-56(110)45-132-58-29-25-50(26-30-58)52-13-7-15-54(37-52)60(112)19-11-33-96-68(114)21-9-23-70(116)98-47-99-71(117)24-10-22-69(115)97-34-12-20-61(113)55-16-8-14-53(38-55)51-27-31-59(32-28-51)133-46-57(111)18-4-6-36-131-91-73(101-49(2)109)79(123)87(67(44-107)139-91)141-95-85(129)89(77(121)65(42-105)137-95)143-93-83(127)81(125)75(119)63(40-103)135-93/h7-8,13-16,25-32,37-38,62-67,72-95,102-107,118-129H,3-6,9-12,17-24,33-36,39-47H2,1-2H3,(H,96,114)(H,97,115)(H,98,116)(H,99,117)(H,100,108)(H,101,109)/t62?,63?,64?,65?,66?,67?,72?,73?,74-,75-,76-,77-,78+,79+,80-,81-,82?,83?,84?,85?,86+,87+,88-,89-,90+,91+,92+,93+,94-,95-/m0/s1. The Morgan fingerprint density at radius 2 is 0.622 bits per heavy atom. The first kappa shape index (κ1) is 116. The van der Waals surface area contributed by atoms with Gasteiger partial charge in [-0.2, -0.15) is 0 Å². The molecule has 0 radical (unpaired) electrons. The van der Waals surface area contributed by atoms with E-state index in [-0.39, 0.29) is 158 Å². The molecule has 6 fully saturated rings. The summed E-state index contributed by atoms with van der Waals surface area (Å²) in [4.78, 5) is 127. The Morgan fingerprint density at radius 3 is 0.965 bits per heavy atom. The summed E-state index contributed by atoms with van der Waals surface area (Å²) in [7, 11) is 0. The Hall–Kier alpha value is -9.22. The Balaban J connectivity index is 0.526. The fraction of sp³-hybridized carbons (Fsp3) is 0.642. The number of benzene rings is 4. The Labute approximate surface area is 821 Å². The number of carbonyl (C=O) groups is 10. The topological polar surface area (TPSA) is 736 Å². The van der Waals surface area contributed by atoms with Gasteiger partial charge in [0.25, 0.3) is 0 Å². The van der Waals surface area contributed by atoms with Crippen LogP contribution in [0.5, 0.6) is 11.5 Å². The summed E-state index contributed by atoms with van der Waals surface area (Å²) >= 11 is 0. The lowest BCUT2D eigenvalue weighted by molar-refractivity contribution is -0.376. The lowest BCUT2D eigenvalue weighted by atomic mass is 9.95. The summed E-state index contributed by atoms with van der Waals surface area (Å²) in [6.07, 6.45) is -45.2. The molecule has 4 aromatic rings. The minimum absolute atomic E-state index is 0.00253. The predicted octanol–water partition coefficient (Wildman–Crippen LogP) is -6.14. The summed E-state index contributed by atoms with van der Waals surface area (Å²) in [6.45, 7) is -3.08. The molecule has 48 nitrogen and oxygen atoms in total. The molecule has 6 amide bonds. The molecule has 24 N–H and O–H groups in total. The molecule has 4 aromatic carbocycles. The smallest absolute Gasteiger partial charge is 0.221 e. The van der Waals surface area contributed by atoms with Crippen LogP contribution in [0.4, 0.5) is 0 Å². The molecule has 48 heteroatoms. The number of ketones is 4. The minimum atomic E-state index is -2.00. The van der Waals surface area contributed by atoms with Crippen molar-refractivity contribution in [1.29, 1.82) is 0 Å². The van der Waals surface area contributed by atoms with Gasteiger partial charge < -0.3 is 190 Å². The number of carbonyl (C=O) groups excluding carboxylic acids is 10. The van der Waals surface area contributed by atoms with Crippen LogP contribution in [0.3, 0.4) is 0 Å². The molecule has 796 valence electrons. The van der Waals surface area contributed by atoms with Crippen molar-refractivity contribution in [2.45, 2.75) is 301 Å². The zero-order valence-electron chi connectivity index (χ0n) is 78.9. The molecule has 6 heterocycles. The number of rotatable bonds is 56. The number of hydrogen-bond acceptors (Lipinski definition) is 42. The van der Waals surface area contributed by atoms with Crippen LogP contribution in [0, 0.1) is 0 Å². The van der Waals surface area contributed by atoms with Crippen LogP contribution in [-0.4, -0.2) is 420 Å². The SMILES string of the molecule is CC(=O)NC1[C@H](OCCCCC(=O)COc2ccc(-c3cccc(C(=O)CCCNC(=O)CCCC(=O)NCNC(=O)CCCC(=O)NCCCC(=O)c4cccc(-c5ccc(OCC(=O)CCCCO[C@@H]6OC(CO)[C@@H](O[C@@H]7OC(CO)[C@H](O)[C@H](O[C@H]8OC(CO)[C@H](O)[C@H](O)C8O)C7O)[C@H](O)C6NC(C)=O)cc5)c4)c3)cc2)OC(CO)[C@@H](O[C@@H]2OC(CO)[C@H](O)[C@H](O[C@H]3OC(CO)[C@H](O)[C@H](O)C3O)C2O)[C@@H]1O. The lowest BCUT2D eigenvalue weighted by Crippen LogP contribution is -2.68. The molecule has 10 rings (SSSR count). The average Bonchev–Trinajstić information content (AvgIpc) is 0.773. The van der Waals surface area contributed by atoms with E-state index in [4.69, 9.17) is 66.3 Å². The highest BCUT2D eigenvalue weighted by molar-refractivity contribution is 5.98. The summed E-state index contributed by atoms with van der Waals surface area (Å²) in [5, 5.41) is 206. The van der Waals surface area contributed by atoms with Gasteiger partial charge in [0.15, 0.2) is 60.9 Å². The van der Waals surface area contributed by atoms with Crippen molar-refractivity contribution in [2.75, 3.05) is 85.8 Å². The fourth-order valence-corrected chi connectivity index (χ4v) is 16.8. The highest BCUT2D eigenvalue weighted by Gasteiger charge is 2.57. The second-order valence-corrected chi connectivity index (χ2v) is 35.5. The van der Waals surface area contributed by atoms with Crippen LogP contribution in [0.1, 0.15) is 137 Å². The Morgan fingerprint density at radius 1 is 0.301 bits per heavy atom. The molecule has 143 heavy (non-hydrogen) atoms. The zero-order chi connectivity index (χ0) is 104. The number of nitrogens with one attached hydrogen (secondary N) is 6. The molecule has 0 aliphatic carbocycles. The van der Waals surface area contributed by atoms with Gasteiger partial charge in [-0.25, -0.2) is 0 Å². The monoisotopic (exact) mass is 2030 g/mol. The van der Waals surface area contributed by atoms with E-state index in [1.807, 2.05) is 12.1 Å². The van der Waals surface area contributed by atoms with Crippen molar-refractivity contribution in [3.05, 3.63) is 108 Å². The summed E-state index contributed by atoms with van der Waals surface area (Å²) in [5.74, 6) is -2.66. The molecule has 30 atom stereocenters. The van der Waals surface area contributed by atoms with Crippen molar-refractivity contribution in [3.63, 3.8) is 0 Å². The van der Waals surface area contributed by atoms with Gasteiger partial charge in [0.1, 0.15) is 171 Å². The molecule has 6 aliphatic heterocycles. The van der Waals surface area contributed by atoms with E-state index in [1.54, 1.807) is 84.9 Å². The summed E-state index contributed by atoms with van der Waals surface area (Å²) < 4.78 is 80.2. The molecular formula is C95H134N6O42. The maximum absolute atomic E-state index is 13.3. The highest BCUT2D eigenvalue weighted by atomic mass is 16.8. The Kier molecular flexibility index (Phi) is 46.7. The second kappa shape index (κ2) is 57.8. The number of hydrogen-bond donors (Lipinski definition) is 24. The van der Waals surface area contributed by atoms with Gasteiger partial charge in [-0.1, -0.05) is 60.7 Å². The van der Waals surface area contributed by atoms with Gasteiger partial charge >= 0.3 is 0 Å².